The molecule has 0 aromatic heterocycles. The first-order valence-electron chi connectivity index (χ1n) is 10.7. The van der Waals surface area contributed by atoms with E-state index in [2.05, 4.69) is 32.9 Å². The highest BCUT2D eigenvalue weighted by Crippen LogP contribution is 2.45. The zero-order valence-corrected chi connectivity index (χ0v) is 18.7. The van der Waals surface area contributed by atoms with Crippen LogP contribution in [0.1, 0.15) is 74.0 Å². The van der Waals surface area contributed by atoms with Gasteiger partial charge in [-0.25, -0.2) is 0 Å². The lowest BCUT2D eigenvalue weighted by Gasteiger charge is -2.27. The molecule has 1 aliphatic heterocycles. The molecule has 0 spiro atoms. The molecule has 0 saturated carbocycles. The number of phenols is 4. The van der Waals surface area contributed by atoms with E-state index in [0.717, 1.165) is 12.8 Å². The summed E-state index contributed by atoms with van der Waals surface area (Å²) in [6, 6.07) is 5.35. The fourth-order valence-corrected chi connectivity index (χ4v) is 3.89. The Morgan fingerprint density at radius 1 is 1.00 bits per heavy atom. The van der Waals surface area contributed by atoms with Gasteiger partial charge in [0.25, 0.3) is 0 Å². The van der Waals surface area contributed by atoms with Crippen molar-refractivity contribution in [3.8, 4) is 28.7 Å². The molecule has 0 aliphatic carbocycles. The van der Waals surface area contributed by atoms with Crippen LogP contribution in [-0.2, 0) is 6.42 Å². The second-order valence-corrected chi connectivity index (χ2v) is 8.52. The number of aromatic hydroxyl groups is 4. The van der Waals surface area contributed by atoms with Crippen LogP contribution in [0.5, 0.6) is 28.7 Å². The summed E-state index contributed by atoms with van der Waals surface area (Å²) in [6.07, 6.45) is 6.41. The second-order valence-electron chi connectivity index (χ2n) is 8.52. The monoisotopic (exact) mass is 438 g/mol. The molecule has 4 N–H and O–H groups in total. The van der Waals surface area contributed by atoms with Gasteiger partial charge in [-0.15, -0.1) is 0 Å². The molecule has 0 bridgehead atoms. The molecule has 0 fully saturated rings. The predicted molar refractivity (Wildman–Crippen MR) is 123 cm³/mol. The Balaban J connectivity index is 1.77. The van der Waals surface area contributed by atoms with Crippen LogP contribution in [0, 0.1) is 0 Å². The number of ether oxygens (including phenoxy) is 1. The first kappa shape index (κ1) is 23.3. The Labute approximate surface area is 188 Å². The number of benzene rings is 2. The number of rotatable bonds is 7. The topological polar surface area (TPSA) is 107 Å². The molecule has 2 aromatic rings. The number of carbonyl (C=O) groups is 1. The summed E-state index contributed by atoms with van der Waals surface area (Å²) in [7, 11) is 0. The van der Waals surface area contributed by atoms with Crippen LogP contribution < -0.4 is 4.74 Å². The van der Waals surface area contributed by atoms with E-state index in [9.17, 15) is 25.2 Å². The molecule has 6 heteroatoms. The number of Topliss-reactive ketones (excluding diaryl/α,β-unsaturated/α-hetero) is 1. The van der Waals surface area contributed by atoms with Crippen LogP contribution in [0.25, 0.3) is 0 Å². The highest BCUT2D eigenvalue weighted by molar-refractivity contribution is 6.03. The van der Waals surface area contributed by atoms with Gasteiger partial charge in [0.1, 0.15) is 40.4 Å². The normalized spacial score (nSPS) is 15.8. The first-order valence-corrected chi connectivity index (χ1v) is 10.7. The number of phenolic OH excluding ortho intramolecular Hbond substituents is 4. The summed E-state index contributed by atoms with van der Waals surface area (Å²) in [4.78, 5) is 12.8. The Kier molecular flexibility index (Phi) is 7.13. The van der Waals surface area contributed by atoms with Gasteiger partial charge in [0.2, 0.25) is 0 Å². The van der Waals surface area contributed by atoms with Crippen LogP contribution in [-0.4, -0.2) is 26.2 Å². The van der Waals surface area contributed by atoms with E-state index in [0.29, 0.717) is 24.0 Å². The van der Waals surface area contributed by atoms with E-state index < -0.39 is 6.10 Å². The van der Waals surface area contributed by atoms with Crippen LogP contribution in [0.15, 0.2) is 47.6 Å². The standard InChI is InChI=1S/C26H30O6/c1-15(2)6-4-7-16(3)8-5-9-20-21(29)13-24-25(26(20)31)22(30)14-23(32-24)17-10-18(27)12-19(28)11-17/h6,8,10-13,23,27-29,31H,4-5,7,9,14H2,1-3H3/b16-8+/t23-/m0/s1. The van der Waals surface area contributed by atoms with Crippen molar-refractivity contribution in [3.05, 3.63) is 64.3 Å². The minimum Gasteiger partial charge on any atom is -0.508 e. The van der Waals surface area contributed by atoms with Crippen molar-refractivity contribution >= 4 is 5.78 Å². The van der Waals surface area contributed by atoms with Crippen LogP contribution in [0.2, 0.25) is 0 Å². The predicted octanol–water partition coefficient (Wildman–Crippen LogP) is 5.84. The lowest BCUT2D eigenvalue weighted by Crippen LogP contribution is -2.21. The van der Waals surface area contributed by atoms with E-state index >= 15 is 0 Å². The van der Waals surface area contributed by atoms with Crippen molar-refractivity contribution in [2.45, 2.75) is 59.0 Å². The van der Waals surface area contributed by atoms with Gasteiger partial charge >= 0.3 is 0 Å². The second kappa shape index (κ2) is 9.81. The van der Waals surface area contributed by atoms with Gasteiger partial charge in [-0.2, -0.15) is 0 Å². The number of fused-ring (bicyclic) bond motifs is 1. The van der Waals surface area contributed by atoms with Crippen LogP contribution in [0.3, 0.4) is 0 Å². The highest BCUT2D eigenvalue weighted by atomic mass is 16.5. The number of allylic oxidation sites excluding steroid dienone is 4. The summed E-state index contributed by atoms with van der Waals surface area (Å²) >= 11 is 0. The van der Waals surface area contributed by atoms with Gasteiger partial charge in [0.15, 0.2) is 5.78 Å². The summed E-state index contributed by atoms with van der Waals surface area (Å²) in [5.41, 5.74) is 3.33. The third kappa shape index (κ3) is 5.44. The molecule has 32 heavy (non-hydrogen) atoms. The zero-order valence-electron chi connectivity index (χ0n) is 18.7. The third-order valence-electron chi connectivity index (χ3n) is 5.54. The summed E-state index contributed by atoms with van der Waals surface area (Å²) in [6.45, 7) is 6.20. The van der Waals surface area contributed by atoms with E-state index in [4.69, 9.17) is 4.74 Å². The fraction of sp³-hybridized carbons (Fsp3) is 0.346. The molecular weight excluding hydrogens is 408 g/mol. The van der Waals surface area contributed by atoms with Gasteiger partial charge in [0, 0.05) is 23.3 Å². The minimum atomic E-state index is -0.746. The highest BCUT2D eigenvalue weighted by Gasteiger charge is 2.33. The number of ketones is 1. The Morgan fingerprint density at radius 2 is 1.69 bits per heavy atom. The van der Waals surface area contributed by atoms with Crippen molar-refractivity contribution in [2.75, 3.05) is 0 Å². The quantitative estimate of drug-likeness (QED) is 0.405. The zero-order chi connectivity index (χ0) is 23.4. The molecule has 1 heterocycles. The Hall–Kier alpha value is -3.41. The molecule has 0 amide bonds. The Bertz CT molecular complexity index is 1060. The van der Waals surface area contributed by atoms with Gasteiger partial charge < -0.3 is 25.2 Å². The maximum Gasteiger partial charge on any atom is 0.174 e. The third-order valence-corrected chi connectivity index (χ3v) is 5.54. The molecule has 6 nitrogen and oxygen atoms in total. The largest absolute Gasteiger partial charge is 0.508 e. The maximum absolute atomic E-state index is 12.8. The van der Waals surface area contributed by atoms with Crippen molar-refractivity contribution in [1.29, 1.82) is 0 Å². The lowest BCUT2D eigenvalue weighted by atomic mass is 9.92. The van der Waals surface area contributed by atoms with Crippen LogP contribution in [0.4, 0.5) is 0 Å². The van der Waals surface area contributed by atoms with Gasteiger partial charge in [-0.1, -0.05) is 23.3 Å². The van der Waals surface area contributed by atoms with Crippen LogP contribution >= 0.6 is 0 Å². The van der Waals surface area contributed by atoms with Crippen molar-refractivity contribution < 1.29 is 30.0 Å². The lowest BCUT2D eigenvalue weighted by molar-refractivity contribution is 0.0843. The SMILES string of the molecule is CC(C)=CCC/C(C)=C/CCc1c(O)cc2c(c1O)C(=O)C[C@@H](c1cc(O)cc(O)c1)O2. The first-order chi connectivity index (χ1) is 15.2. The number of carbonyl (C=O) groups excluding carboxylic acids is 1. The average molecular weight is 439 g/mol. The summed E-state index contributed by atoms with van der Waals surface area (Å²) in [5, 5.41) is 40.6. The average Bonchev–Trinajstić information content (AvgIpc) is 2.68. The van der Waals surface area contributed by atoms with E-state index in [1.807, 2.05) is 0 Å². The molecule has 2 aromatic carbocycles. The molecule has 0 saturated heterocycles. The molecular formula is C26H30O6. The van der Waals surface area contributed by atoms with E-state index in [-0.39, 0.29) is 46.5 Å². The summed E-state index contributed by atoms with van der Waals surface area (Å²) in [5.74, 6) is -0.923. The van der Waals surface area contributed by atoms with Gasteiger partial charge in [-0.05, 0) is 58.6 Å². The maximum atomic E-state index is 12.8. The molecule has 170 valence electrons. The molecule has 1 aliphatic rings. The van der Waals surface area contributed by atoms with Crippen molar-refractivity contribution in [1.82, 2.24) is 0 Å². The minimum absolute atomic E-state index is 0.0580. The number of hydrogen-bond acceptors (Lipinski definition) is 6. The Morgan fingerprint density at radius 3 is 2.34 bits per heavy atom. The fourth-order valence-electron chi connectivity index (χ4n) is 3.89. The van der Waals surface area contributed by atoms with Gasteiger partial charge in [0.05, 0.1) is 6.42 Å². The molecule has 0 radical (unpaired) electrons. The molecule has 0 unspecified atom stereocenters. The van der Waals surface area contributed by atoms with Crippen molar-refractivity contribution in [3.63, 3.8) is 0 Å². The summed E-state index contributed by atoms with van der Waals surface area (Å²) < 4.78 is 5.84. The smallest absolute Gasteiger partial charge is 0.174 e. The number of hydrogen-bond donors (Lipinski definition) is 4. The van der Waals surface area contributed by atoms with E-state index in [1.54, 1.807) is 0 Å². The molecule has 3 rings (SSSR count). The molecule has 1 atom stereocenters. The van der Waals surface area contributed by atoms with Crippen molar-refractivity contribution in [2.24, 2.45) is 0 Å². The van der Waals surface area contributed by atoms with E-state index in [1.165, 1.54) is 35.4 Å². The van der Waals surface area contributed by atoms with Gasteiger partial charge in [-0.3, -0.25) is 4.79 Å².